The van der Waals surface area contributed by atoms with E-state index in [1.165, 1.54) is 29.2 Å². The molecule has 2 atom stereocenters. The number of carbonyl (C=O) groups is 2. The second-order valence-electron chi connectivity index (χ2n) is 9.96. The first-order valence-corrected chi connectivity index (χ1v) is 13.6. The minimum atomic E-state index is -4.71. The van der Waals surface area contributed by atoms with Gasteiger partial charge in [-0.25, -0.2) is 14.3 Å². The molecule has 1 unspecified atom stereocenters. The van der Waals surface area contributed by atoms with Crippen molar-refractivity contribution in [3.8, 4) is 11.8 Å². The third-order valence-electron chi connectivity index (χ3n) is 6.92. The minimum Gasteiger partial charge on any atom is -0.406 e. The van der Waals surface area contributed by atoms with Crippen LogP contribution in [0.4, 0.5) is 29.2 Å². The van der Waals surface area contributed by atoms with Crippen molar-refractivity contribution in [2.75, 3.05) is 4.90 Å². The summed E-state index contributed by atoms with van der Waals surface area (Å²) in [6.45, 7) is 3.38. The number of halogens is 6. The molecule has 0 bridgehead atoms. The number of rotatable bonds is 6. The molecule has 0 saturated heterocycles. The predicted molar refractivity (Wildman–Crippen MR) is 155 cm³/mol. The lowest BCUT2D eigenvalue weighted by atomic mass is 9.91. The van der Waals surface area contributed by atoms with Crippen molar-refractivity contribution in [1.29, 1.82) is 5.26 Å². The maximum absolute atomic E-state index is 13.8. The highest BCUT2D eigenvalue weighted by Gasteiger charge is 2.48. The molecule has 1 aliphatic rings. The number of nitriles is 1. The van der Waals surface area contributed by atoms with Crippen LogP contribution in [0.2, 0.25) is 10.0 Å². The van der Waals surface area contributed by atoms with E-state index >= 15 is 0 Å². The second kappa shape index (κ2) is 12.6. The molecule has 0 radical (unpaired) electrons. The lowest BCUT2D eigenvalue weighted by Gasteiger charge is -2.25. The van der Waals surface area contributed by atoms with E-state index in [4.69, 9.17) is 34.2 Å². The van der Waals surface area contributed by atoms with Gasteiger partial charge in [0.05, 0.1) is 33.3 Å². The van der Waals surface area contributed by atoms with Gasteiger partial charge in [-0.1, -0.05) is 47.5 Å². The summed E-state index contributed by atoms with van der Waals surface area (Å²) in [5.41, 5.74) is 6.44. The summed E-state index contributed by atoms with van der Waals surface area (Å²) >= 11 is 11.8. The number of imidazole rings is 1. The number of aromatic nitrogens is 2. The van der Waals surface area contributed by atoms with Crippen LogP contribution in [0.15, 0.2) is 73.1 Å². The molecule has 228 valence electrons. The Morgan fingerprint density at radius 2 is 1.70 bits per heavy atom. The first-order valence-electron chi connectivity index (χ1n) is 12.8. The third kappa shape index (κ3) is 6.79. The Hall–Kier alpha value is -4.60. The molecule has 8 nitrogen and oxygen atoms in total. The van der Waals surface area contributed by atoms with E-state index in [9.17, 15) is 27.2 Å². The smallest absolute Gasteiger partial charge is 0.406 e. The molecule has 2 amide bonds. The summed E-state index contributed by atoms with van der Waals surface area (Å²) in [5.74, 6) is -1.97. The molecule has 2 heterocycles. The van der Waals surface area contributed by atoms with Gasteiger partial charge in [-0.05, 0) is 61.4 Å². The van der Waals surface area contributed by atoms with Gasteiger partial charge in [0.1, 0.15) is 11.3 Å². The number of hydrogen-bond acceptors (Lipinski definition) is 5. The van der Waals surface area contributed by atoms with Crippen LogP contribution < -0.4 is 15.4 Å². The third-order valence-corrected chi connectivity index (χ3v) is 7.47. The summed E-state index contributed by atoms with van der Waals surface area (Å²) in [4.78, 5) is 29.9. The molecule has 5 rings (SSSR count). The van der Waals surface area contributed by atoms with Crippen LogP contribution in [-0.2, 0) is 21.5 Å². The Morgan fingerprint density at radius 1 is 1.11 bits per heavy atom. The SMILES string of the molecule is CC(C(N)=O)c1ccc(OC(F)(F)F)cc1.C[C@@]1(Cc2ccc(C#N)cc2)C(=O)N(c2cc(Cl)c(F)c(Cl)c2)c2nccn21. The predicted octanol–water partition coefficient (Wildman–Crippen LogP) is 7.01. The highest BCUT2D eigenvalue weighted by atomic mass is 35.5. The summed E-state index contributed by atoms with van der Waals surface area (Å²) in [6, 6.07) is 16.9. The first kappa shape index (κ1) is 32.3. The van der Waals surface area contributed by atoms with Gasteiger partial charge in [0.25, 0.3) is 5.91 Å². The minimum absolute atomic E-state index is 0.172. The largest absolute Gasteiger partial charge is 0.573 e. The fourth-order valence-corrected chi connectivity index (χ4v) is 5.04. The zero-order valence-electron chi connectivity index (χ0n) is 23.1. The number of benzene rings is 3. The molecule has 0 fully saturated rings. The standard InChI is InChI=1S/C20H13Cl2FN4O.C10H10F3NO2/c1-20(10-12-2-4-13(11-24)5-3-12)18(28)27(19-25-6-7-26(19)20)14-8-15(21)17(23)16(22)9-14;1-6(9(14)15)7-2-4-8(5-3-7)16-10(11,12)13/h2-9H,10H2,1H3;2-6H,1H3,(H2,14,15)/t20-;/m1./s1. The number of carbonyl (C=O) groups excluding carboxylic acids is 2. The van der Waals surface area contributed by atoms with Gasteiger partial charge in [0.2, 0.25) is 11.9 Å². The first-order chi connectivity index (χ1) is 20.6. The van der Waals surface area contributed by atoms with Crippen LogP contribution >= 0.6 is 23.2 Å². The second-order valence-corrected chi connectivity index (χ2v) is 10.8. The fraction of sp³-hybridized carbons (Fsp3) is 0.200. The highest BCUT2D eigenvalue weighted by molar-refractivity contribution is 6.35. The average molecular weight is 648 g/mol. The Kier molecular flexibility index (Phi) is 9.22. The fourth-order valence-electron chi connectivity index (χ4n) is 4.56. The van der Waals surface area contributed by atoms with Gasteiger partial charge >= 0.3 is 6.36 Å². The van der Waals surface area contributed by atoms with Gasteiger partial charge in [0, 0.05) is 18.8 Å². The molecule has 0 saturated carbocycles. The van der Waals surface area contributed by atoms with E-state index < -0.39 is 29.5 Å². The number of hydrogen-bond donors (Lipinski definition) is 1. The lowest BCUT2D eigenvalue weighted by molar-refractivity contribution is -0.274. The molecular formula is C30H23Cl2F4N5O3. The summed E-state index contributed by atoms with van der Waals surface area (Å²) in [7, 11) is 0. The van der Waals surface area contributed by atoms with Crippen LogP contribution in [-0.4, -0.2) is 27.7 Å². The maximum Gasteiger partial charge on any atom is 0.573 e. The van der Waals surface area contributed by atoms with Crippen molar-refractivity contribution in [3.63, 3.8) is 0 Å². The number of nitrogens with two attached hydrogens (primary N) is 1. The number of alkyl halides is 3. The van der Waals surface area contributed by atoms with Gasteiger partial charge in [-0.2, -0.15) is 5.26 Å². The monoisotopic (exact) mass is 647 g/mol. The van der Waals surface area contributed by atoms with Crippen molar-refractivity contribution in [3.05, 3.63) is 106 Å². The van der Waals surface area contributed by atoms with E-state index in [1.54, 1.807) is 36.0 Å². The van der Waals surface area contributed by atoms with Gasteiger partial charge in [0.15, 0.2) is 5.82 Å². The van der Waals surface area contributed by atoms with E-state index in [1.807, 2.05) is 19.1 Å². The van der Waals surface area contributed by atoms with Crippen LogP contribution in [0.1, 0.15) is 36.5 Å². The van der Waals surface area contributed by atoms with Crippen molar-refractivity contribution < 1.29 is 31.9 Å². The average Bonchev–Trinajstić information content (AvgIpc) is 3.52. The van der Waals surface area contributed by atoms with E-state index in [2.05, 4.69) is 15.8 Å². The molecule has 4 aromatic rings. The molecule has 0 aliphatic carbocycles. The number of ether oxygens (including phenoxy) is 1. The Labute approximate surface area is 259 Å². The topological polar surface area (TPSA) is 114 Å². The number of nitrogens with zero attached hydrogens (tertiary/aromatic N) is 4. The van der Waals surface area contributed by atoms with Crippen LogP contribution in [0.3, 0.4) is 0 Å². The zero-order chi connectivity index (χ0) is 32.4. The molecule has 0 spiro atoms. The van der Waals surface area contributed by atoms with Crippen LogP contribution in [0.25, 0.3) is 0 Å². The molecule has 2 N–H and O–H groups in total. The van der Waals surface area contributed by atoms with Crippen LogP contribution in [0.5, 0.6) is 5.75 Å². The van der Waals surface area contributed by atoms with E-state index in [-0.39, 0.29) is 21.7 Å². The van der Waals surface area contributed by atoms with Gasteiger partial charge < -0.3 is 15.0 Å². The number of primary amides is 1. The number of fused-ring (bicyclic) bond motifs is 1. The molecular weight excluding hydrogens is 625 g/mol. The van der Waals surface area contributed by atoms with Crippen LogP contribution in [0, 0.1) is 17.1 Å². The van der Waals surface area contributed by atoms with Gasteiger partial charge in [-0.15, -0.1) is 13.2 Å². The Balaban J connectivity index is 0.000000236. The molecule has 1 aliphatic heterocycles. The Bertz CT molecular complexity index is 1710. The normalized spacial score (nSPS) is 16.4. The number of anilines is 2. The van der Waals surface area contributed by atoms with Crippen molar-refractivity contribution in [1.82, 2.24) is 9.55 Å². The highest BCUT2D eigenvalue weighted by Crippen LogP contribution is 2.42. The van der Waals surface area contributed by atoms with Crippen molar-refractivity contribution in [2.45, 2.75) is 38.1 Å². The molecule has 44 heavy (non-hydrogen) atoms. The summed E-state index contributed by atoms with van der Waals surface area (Å²) in [6.07, 6.45) is -1.00. The van der Waals surface area contributed by atoms with E-state index in [0.717, 1.165) is 17.7 Å². The summed E-state index contributed by atoms with van der Waals surface area (Å²) < 4.78 is 54.8. The lowest BCUT2D eigenvalue weighted by Crippen LogP contribution is -2.40. The Morgan fingerprint density at radius 3 is 2.23 bits per heavy atom. The maximum atomic E-state index is 13.8. The van der Waals surface area contributed by atoms with E-state index in [0.29, 0.717) is 29.2 Å². The molecule has 1 aromatic heterocycles. The quantitative estimate of drug-likeness (QED) is 0.179. The summed E-state index contributed by atoms with van der Waals surface area (Å²) in [5, 5.41) is 8.62. The molecule has 14 heteroatoms. The van der Waals surface area contributed by atoms with Crippen molar-refractivity contribution >= 4 is 46.7 Å². The number of amides is 2. The van der Waals surface area contributed by atoms with Crippen molar-refractivity contribution in [2.24, 2.45) is 5.73 Å². The molecule has 3 aromatic carbocycles. The van der Waals surface area contributed by atoms with Gasteiger partial charge in [-0.3, -0.25) is 9.59 Å². The zero-order valence-corrected chi connectivity index (χ0v) is 24.6.